The number of aromatic hydroxyl groups is 1. The van der Waals surface area contributed by atoms with Crippen LogP contribution in [0.3, 0.4) is 0 Å². The van der Waals surface area contributed by atoms with Crippen LogP contribution in [0, 0.1) is 5.92 Å². The fraction of sp³-hybridized carbons (Fsp3) is 0.452. The predicted molar refractivity (Wildman–Crippen MR) is 157 cm³/mol. The number of unbranched alkanes of at least 4 members (excludes halogenated alkanes) is 1. The number of aryl methyl sites for hydroxylation is 1. The summed E-state index contributed by atoms with van der Waals surface area (Å²) in [4.78, 5) is 31.6. The molecule has 8 nitrogen and oxygen atoms in total. The topological polar surface area (TPSA) is 106 Å². The first-order valence-corrected chi connectivity index (χ1v) is 15.0. The molecule has 1 fully saturated rings. The minimum Gasteiger partial charge on any atom is -0.494 e. The molecule has 0 atom stereocenters. The summed E-state index contributed by atoms with van der Waals surface area (Å²) in [5.74, 6) is 1.75. The molecular weight excluding hydrogens is 526 g/mol. The zero-order chi connectivity index (χ0) is 27.9. The van der Waals surface area contributed by atoms with Crippen LogP contribution in [0.1, 0.15) is 78.0 Å². The van der Waals surface area contributed by atoms with Crippen molar-refractivity contribution in [2.75, 3.05) is 13.7 Å². The number of benzene rings is 2. The number of nitrogens with zero attached hydrogens (tertiary/aromatic N) is 2. The molecule has 2 heterocycles. The van der Waals surface area contributed by atoms with Crippen LogP contribution in [-0.2, 0) is 24.1 Å². The van der Waals surface area contributed by atoms with Gasteiger partial charge in [-0.3, -0.25) is 9.78 Å². The Morgan fingerprint density at radius 2 is 1.98 bits per heavy atom. The zero-order valence-electron chi connectivity index (χ0n) is 23.0. The van der Waals surface area contributed by atoms with Crippen molar-refractivity contribution in [3.8, 4) is 11.6 Å². The van der Waals surface area contributed by atoms with Crippen molar-refractivity contribution >= 4 is 28.3 Å². The van der Waals surface area contributed by atoms with Crippen molar-refractivity contribution < 1.29 is 19.4 Å². The molecule has 2 aromatic heterocycles. The Morgan fingerprint density at radius 3 is 2.75 bits per heavy atom. The SMILES string of the molecule is COC(=O)c1cc(Cc2sc(=O)[nH]c2O)ccc1OCCn1c(CCCCC2CCCCC2)nc2ccccc21. The highest BCUT2D eigenvalue weighted by molar-refractivity contribution is 7.09. The average Bonchev–Trinajstić information content (AvgIpc) is 3.49. The van der Waals surface area contributed by atoms with Crippen molar-refractivity contribution in [3.05, 3.63) is 74.0 Å². The molecule has 0 aliphatic heterocycles. The van der Waals surface area contributed by atoms with Gasteiger partial charge >= 0.3 is 10.8 Å². The number of rotatable bonds is 12. The summed E-state index contributed by atoms with van der Waals surface area (Å²) in [6.45, 7) is 0.963. The van der Waals surface area contributed by atoms with Gasteiger partial charge < -0.3 is 19.1 Å². The number of hydrogen-bond donors (Lipinski definition) is 2. The highest BCUT2D eigenvalue weighted by Gasteiger charge is 2.18. The first-order chi connectivity index (χ1) is 19.5. The number of fused-ring (bicyclic) bond motifs is 1. The van der Waals surface area contributed by atoms with E-state index in [1.54, 1.807) is 12.1 Å². The van der Waals surface area contributed by atoms with Crippen molar-refractivity contribution in [2.24, 2.45) is 5.92 Å². The van der Waals surface area contributed by atoms with Crippen molar-refractivity contribution in [3.63, 3.8) is 0 Å². The van der Waals surface area contributed by atoms with Crippen LogP contribution in [-0.4, -0.2) is 39.3 Å². The minimum absolute atomic E-state index is 0.146. The largest absolute Gasteiger partial charge is 0.494 e. The summed E-state index contributed by atoms with van der Waals surface area (Å²) >= 11 is 0.945. The molecule has 1 saturated carbocycles. The van der Waals surface area contributed by atoms with E-state index in [0.29, 0.717) is 35.8 Å². The van der Waals surface area contributed by atoms with E-state index in [-0.39, 0.29) is 10.8 Å². The number of ether oxygens (including phenoxy) is 2. The highest BCUT2D eigenvalue weighted by Crippen LogP contribution is 2.29. The second-order valence-corrected chi connectivity index (χ2v) is 11.6. The number of carbonyl (C=O) groups is 1. The first kappa shape index (κ1) is 28.0. The van der Waals surface area contributed by atoms with E-state index >= 15 is 0 Å². The monoisotopic (exact) mass is 563 g/mol. The lowest BCUT2D eigenvalue weighted by Crippen LogP contribution is -2.13. The number of methoxy groups -OCH3 is 1. The minimum atomic E-state index is -0.505. The normalized spacial score (nSPS) is 14.0. The Hall–Kier alpha value is -3.59. The van der Waals surface area contributed by atoms with Gasteiger partial charge in [0.15, 0.2) is 0 Å². The zero-order valence-corrected chi connectivity index (χ0v) is 23.8. The maximum absolute atomic E-state index is 12.6. The molecule has 2 aromatic carbocycles. The van der Waals surface area contributed by atoms with Crippen LogP contribution in [0.2, 0.25) is 0 Å². The smallest absolute Gasteiger partial charge is 0.341 e. The second kappa shape index (κ2) is 13.2. The Kier molecular flexibility index (Phi) is 9.21. The van der Waals surface area contributed by atoms with Gasteiger partial charge in [0.2, 0.25) is 5.88 Å². The third-order valence-corrected chi connectivity index (χ3v) is 8.68. The summed E-state index contributed by atoms with van der Waals surface area (Å²) in [5, 5.41) is 9.94. The Balaban J connectivity index is 1.25. The maximum Gasteiger partial charge on any atom is 0.341 e. The van der Waals surface area contributed by atoms with E-state index in [0.717, 1.165) is 52.5 Å². The van der Waals surface area contributed by atoms with Crippen molar-refractivity contribution in [1.82, 2.24) is 14.5 Å². The fourth-order valence-electron chi connectivity index (χ4n) is 5.74. The van der Waals surface area contributed by atoms with Crippen molar-refractivity contribution in [2.45, 2.75) is 70.8 Å². The lowest BCUT2D eigenvalue weighted by atomic mass is 9.85. The molecule has 9 heteroatoms. The van der Waals surface area contributed by atoms with Gasteiger partial charge in [-0.2, -0.15) is 0 Å². The summed E-state index contributed by atoms with van der Waals surface area (Å²) in [6, 6.07) is 13.4. The number of esters is 1. The van der Waals surface area contributed by atoms with Gasteiger partial charge in [-0.05, 0) is 42.2 Å². The Morgan fingerprint density at radius 1 is 1.15 bits per heavy atom. The number of hydrogen-bond acceptors (Lipinski definition) is 7. The molecule has 0 saturated heterocycles. The second-order valence-electron chi connectivity index (χ2n) is 10.6. The van der Waals surface area contributed by atoms with Gasteiger partial charge in [-0.15, -0.1) is 0 Å². The van der Waals surface area contributed by atoms with E-state index in [9.17, 15) is 14.7 Å². The number of carbonyl (C=O) groups excluding carboxylic acids is 1. The molecule has 1 aliphatic carbocycles. The average molecular weight is 564 g/mol. The number of imidazole rings is 1. The number of H-pyrrole nitrogens is 1. The third-order valence-electron chi connectivity index (χ3n) is 7.81. The van der Waals surface area contributed by atoms with Gasteiger partial charge in [0.25, 0.3) is 0 Å². The Labute approximate surface area is 238 Å². The van der Waals surface area contributed by atoms with E-state index in [4.69, 9.17) is 14.5 Å². The van der Waals surface area contributed by atoms with Crippen LogP contribution >= 0.6 is 11.3 Å². The number of thiazole rings is 1. The quantitative estimate of drug-likeness (QED) is 0.156. The molecule has 0 amide bonds. The summed E-state index contributed by atoms with van der Waals surface area (Å²) in [7, 11) is 1.33. The molecule has 0 unspecified atom stereocenters. The number of nitrogens with one attached hydrogen (secondary N) is 1. The standard InChI is InChI=1S/C31H37N3O5S/c1-38-30(36)23-19-22(20-27-29(35)33-31(37)40-27)15-16-26(23)39-18-17-34-25-13-7-6-12-24(25)32-28(34)14-8-5-11-21-9-3-2-4-10-21/h6-7,12-13,15-16,19,21,35H,2-5,8-11,14,17-18,20H2,1H3,(H,33,37). The third kappa shape index (κ3) is 6.75. The van der Waals surface area contributed by atoms with Crippen LogP contribution in [0.15, 0.2) is 47.3 Å². The van der Waals surface area contributed by atoms with E-state index in [1.807, 2.05) is 24.3 Å². The summed E-state index contributed by atoms with van der Waals surface area (Å²) in [5.41, 5.74) is 3.14. The maximum atomic E-state index is 12.6. The molecule has 40 heavy (non-hydrogen) atoms. The van der Waals surface area contributed by atoms with Gasteiger partial charge in [-0.25, -0.2) is 9.78 Å². The Bertz CT molecular complexity index is 1500. The summed E-state index contributed by atoms with van der Waals surface area (Å²) in [6.07, 6.45) is 11.9. The highest BCUT2D eigenvalue weighted by atomic mass is 32.1. The predicted octanol–water partition coefficient (Wildman–Crippen LogP) is 6.24. The molecule has 2 N–H and O–H groups in total. The molecule has 0 radical (unpaired) electrons. The van der Waals surface area contributed by atoms with Gasteiger partial charge in [0.05, 0.1) is 29.6 Å². The molecule has 0 bridgehead atoms. The number of aromatic nitrogens is 3. The van der Waals surface area contributed by atoms with Crippen LogP contribution in [0.4, 0.5) is 0 Å². The van der Waals surface area contributed by atoms with E-state index in [1.165, 1.54) is 52.1 Å². The molecule has 1 aliphatic rings. The van der Waals surface area contributed by atoms with Crippen LogP contribution < -0.4 is 9.61 Å². The molecule has 0 spiro atoms. The van der Waals surface area contributed by atoms with E-state index < -0.39 is 5.97 Å². The van der Waals surface area contributed by atoms with Gasteiger partial charge in [0.1, 0.15) is 23.7 Å². The number of aromatic amines is 1. The first-order valence-electron chi connectivity index (χ1n) is 14.2. The molecular formula is C31H37N3O5S. The lowest BCUT2D eigenvalue weighted by Gasteiger charge is -2.21. The molecule has 5 rings (SSSR count). The molecule has 212 valence electrons. The fourth-order valence-corrected chi connectivity index (χ4v) is 6.50. The van der Waals surface area contributed by atoms with Gasteiger partial charge in [-0.1, -0.05) is 74.5 Å². The van der Waals surface area contributed by atoms with Crippen molar-refractivity contribution in [1.29, 1.82) is 0 Å². The lowest BCUT2D eigenvalue weighted by molar-refractivity contribution is 0.0595. The molecule has 4 aromatic rings. The van der Waals surface area contributed by atoms with E-state index in [2.05, 4.69) is 15.6 Å². The number of para-hydroxylation sites is 2. The van der Waals surface area contributed by atoms with Crippen LogP contribution in [0.5, 0.6) is 11.6 Å². The van der Waals surface area contributed by atoms with Crippen LogP contribution in [0.25, 0.3) is 11.0 Å². The summed E-state index contributed by atoms with van der Waals surface area (Å²) < 4.78 is 13.4. The van der Waals surface area contributed by atoms with Gasteiger partial charge in [0, 0.05) is 12.8 Å².